The van der Waals surface area contributed by atoms with Gasteiger partial charge in [-0.2, -0.15) is 4.31 Å². The second kappa shape index (κ2) is 7.51. The predicted molar refractivity (Wildman–Crippen MR) is 91.6 cm³/mol. The van der Waals surface area contributed by atoms with Gasteiger partial charge in [-0.15, -0.1) is 0 Å². The summed E-state index contributed by atoms with van der Waals surface area (Å²) in [5.74, 6) is -1.20. The van der Waals surface area contributed by atoms with Crippen LogP contribution in [0.15, 0.2) is 53.4 Å². The number of carbonyl (C=O) groups is 1. The number of halogens is 2. The molecule has 26 heavy (non-hydrogen) atoms. The van der Waals surface area contributed by atoms with Crippen molar-refractivity contribution in [1.29, 1.82) is 0 Å². The molecule has 1 N–H and O–H groups in total. The average molecular weight is 380 g/mol. The molecule has 2 aromatic rings. The molecule has 0 radical (unpaired) electrons. The highest BCUT2D eigenvalue weighted by atomic mass is 32.2. The first-order chi connectivity index (χ1) is 12.3. The Bertz CT molecular complexity index is 901. The summed E-state index contributed by atoms with van der Waals surface area (Å²) in [7, 11) is -3.99. The summed E-state index contributed by atoms with van der Waals surface area (Å²) in [4.78, 5) is 11.3. The van der Waals surface area contributed by atoms with Gasteiger partial charge in [-0.25, -0.2) is 17.2 Å². The van der Waals surface area contributed by atoms with E-state index in [2.05, 4.69) is 5.32 Å². The van der Waals surface area contributed by atoms with Crippen molar-refractivity contribution in [2.45, 2.75) is 30.3 Å². The van der Waals surface area contributed by atoms with Gasteiger partial charge in [0, 0.05) is 25.6 Å². The Balaban J connectivity index is 1.90. The van der Waals surface area contributed by atoms with E-state index in [0.29, 0.717) is 18.4 Å². The van der Waals surface area contributed by atoms with Gasteiger partial charge in [0.25, 0.3) is 0 Å². The van der Waals surface area contributed by atoms with Gasteiger partial charge in [-0.05, 0) is 42.3 Å². The Labute approximate surface area is 150 Å². The molecule has 1 aliphatic rings. The molecule has 0 aliphatic carbocycles. The Morgan fingerprint density at radius 3 is 2.42 bits per heavy atom. The molecule has 1 atom stereocenters. The van der Waals surface area contributed by atoms with Crippen LogP contribution in [0.2, 0.25) is 0 Å². The molecule has 5 nitrogen and oxygen atoms in total. The molecular weight excluding hydrogens is 362 g/mol. The molecule has 0 aromatic heterocycles. The Kier molecular flexibility index (Phi) is 5.33. The molecule has 1 saturated heterocycles. The van der Waals surface area contributed by atoms with Crippen molar-refractivity contribution in [1.82, 2.24) is 9.62 Å². The maximum absolute atomic E-state index is 13.5. The summed E-state index contributed by atoms with van der Waals surface area (Å²) in [6.07, 6.45) is 0.868. The summed E-state index contributed by atoms with van der Waals surface area (Å²) in [5.41, 5.74) is 0.593. The summed E-state index contributed by atoms with van der Waals surface area (Å²) >= 11 is 0. The standard InChI is InChI=1S/C18H18F2N2O3S/c19-14-6-4-13(5-7-14)11-22(12-16-8-9-18(23)21-16)26(24,25)17-3-1-2-15(20)10-17/h1-7,10,16H,8-9,11-12H2,(H,21,23)/t16-/m0/s1. The van der Waals surface area contributed by atoms with Crippen molar-refractivity contribution in [3.8, 4) is 0 Å². The lowest BCUT2D eigenvalue weighted by Crippen LogP contribution is -2.41. The largest absolute Gasteiger partial charge is 0.352 e. The fourth-order valence-corrected chi connectivity index (χ4v) is 4.38. The summed E-state index contributed by atoms with van der Waals surface area (Å²) < 4.78 is 53.8. The highest BCUT2D eigenvalue weighted by Gasteiger charge is 2.30. The van der Waals surface area contributed by atoms with E-state index < -0.39 is 21.7 Å². The molecule has 1 heterocycles. The first kappa shape index (κ1) is 18.5. The molecule has 0 bridgehead atoms. The highest BCUT2D eigenvalue weighted by molar-refractivity contribution is 7.89. The predicted octanol–water partition coefficient (Wildman–Crippen LogP) is 2.43. The second-order valence-corrected chi connectivity index (χ2v) is 8.12. The third-order valence-electron chi connectivity index (χ3n) is 4.22. The number of carbonyl (C=O) groups excluding carboxylic acids is 1. The van der Waals surface area contributed by atoms with Crippen molar-refractivity contribution in [3.05, 3.63) is 65.7 Å². The Morgan fingerprint density at radius 1 is 1.08 bits per heavy atom. The smallest absolute Gasteiger partial charge is 0.243 e. The number of rotatable bonds is 6. The first-order valence-corrected chi connectivity index (χ1v) is 9.58. The van der Waals surface area contributed by atoms with Crippen LogP contribution in [0.1, 0.15) is 18.4 Å². The van der Waals surface area contributed by atoms with Crippen molar-refractivity contribution < 1.29 is 22.0 Å². The Hall–Kier alpha value is -2.32. The molecule has 0 saturated carbocycles. The topological polar surface area (TPSA) is 66.5 Å². The van der Waals surface area contributed by atoms with Crippen LogP contribution >= 0.6 is 0 Å². The highest BCUT2D eigenvalue weighted by Crippen LogP contribution is 2.21. The maximum Gasteiger partial charge on any atom is 0.243 e. The van der Waals surface area contributed by atoms with Gasteiger partial charge >= 0.3 is 0 Å². The average Bonchev–Trinajstić information content (AvgIpc) is 3.01. The van der Waals surface area contributed by atoms with Crippen LogP contribution in [-0.4, -0.2) is 31.2 Å². The van der Waals surface area contributed by atoms with Crippen LogP contribution in [0.4, 0.5) is 8.78 Å². The zero-order valence-corrected chi connectivity index (χ0v) is 14.7. The van der Waals surface area contributed by atoms with E-state index in [1.807, 2.05) is 0 Å². The molecular formula is C18H18F2N2O3S. The lowest BCUT2D eigenvalue weighted by Gasteiger charge is -2.25. The van der Waals surface area contributed by atoms with Crippen LogP contribution in [-0.2, 0) is 21.4 Å². The van der Waals surface area contributed by atoms with Crippen LogP contribution in [0, 0.1) is 11.6 Å². The van der Waals surface area contributed by atoms with E-state index in [4.69, 9.17) is 0 Å². The SMILES string of the molecule is O=C1CC[C@@H](CN(Cc2ccc(F)cc2)S(=O)(=O)c2cccc(F)c2)N1. The number of benzene rings is 2. The van der Waals surface area contributed by atoms with E-state index >= 15 is 0 Å². The number of sulfonamides is 1. The summed E-state index contributed by atoms with van der Waals surface area (Å²) in [6.45, 7) is 0.0491. The minimum atomic E-state index is -3.99. The summed E-state index contributed by atoms with van der Waals surface area (Å²) in [5, 5.41) is 2.74. The van der Waals surface area contributed by atoms with Gasteiger partial charge in [-0.1, -0.05) is 18.2 Å². The van der Waals surface area contributed by atoms with Gasteiger partial charge in [0.05, 0.1) is 4.90 Å². The van der Waals surface area contributed by atoms with Crippen LogP contribution in [0.5, 0.6) is 0 Å². The molecule has 1 aliphatic heterocycles. The molecule has 138 valence electrons. The number of nitrogens with one attached hydrogen (secondary N) is 1. The number of hydrogen-bond acceptors (Lipinski definition) is 3. The van der Waals surface area contributed by atoms with Crippen molar-refractivity contribution in [3.63, 3.8) is 0 Å². The fraction of sp³-hybridized carbons (Fsp3) is 0.278. The van der Waals surface area contributed by atoms with Gasteiger partial charge in [0.1, 0.15) is 11.6 Å². The Morgan fingerprint density at radius 2 is 1.81 bits per heavy atom. The summed E-state index contributed by atoms with van der Waals surface area (Å²) in [6, 6.07) is 9.96. The zero-order valence-electron chi connectivity index (χ0n) is 13.9. The molecule has 0 spiro atoms. The van der Waals surface area contributed by atoms with Gasteiger partial charge < -0.3 is 5.32 Å². The molecule has 3 rings (SSSR count). The normalized spacial score (nSPS) is 17.5. The van der Waals surface area contributed by atoms with Crippen LogP contribution in [0.25, 0.3) is 0 Å². The first-order valence-electron chi connectivity index (χ1n) is 8.14. The molecule has 0 unspecified atom stereocenters. The molecule has 8 heteroatoms. The van der Waals surface area contributed by atoms with Crippen LogP contribution < -0.4 is 5.32 Å². The van der Waals surface area contributed by atoms with Crippen molar-refractivity contribution in [2.24, 2.45) is 0 Å². The van der Waals surface area contributed by atoms with E-state index in [-0.39, 0.29) is 29.9 Å². The van der Waals surface area contributed by atoms with Crippen LogP contribution in [0.3, 0.4) is 0 Å². The minimum absolute atomic E-state index is 0.00844. The molecule has 1 amide bonds. The third-order valence-corrected chi connectivity index (χ3v) is 6.02. The van der Waals surface area contributed by atoms with E-state index in [1.165, 1.54) is 46.8 Å². The lowest BCUT2D eigenvalue weighted by atomic mass is 10.2. The third kappa shape index (κ3) is 4.25. The van der Waals surface area contributed by atoms with Crippen molar-refractivity contribution in [2.75, 3.05) is 6.54 Å². The van der Waals surface area contributed by atoms with E-state index in [9.17, 15) is 22.0 Å². The minimum Gasteiger partial charge on any atom is -0.352 e. The van der Waals surface area contributed by atoms with Gasteiger partial charge in [0.15, 0.2) is 0 Å². The van der Waals surface area contributed by atoms with Gasteiger partial charge in [-0.3, -0.25) is 4.79 Å². The zero-order chi connectivity index (χ0) is 18.7. The van der Waals surface area contributed by atoms with Crippen molar-refractivity contribution >= 4 is 15.9 Å². The van der Waals surface area contributed by atoms with E-state index in [0.717, 1.165) is 6.07 Å². The monoisotopic (exact) mass is 380 g/mol. The molecule has 1 fully saturated rings. The second-order valence-electron chi connectivity index (χ2n) is 6.18. The number of nitrogens with zero attached hydrogens (tertiary/aromatic N) is 1. The fourth-order valence-electron chi connectivity index (χ4n) is 2.88. The quantitative estimate of drug-likeness (QED) is 0.837. The van der Waals surface area contributed by atoms with Gasteiger partial charge in [0.2, 0.25) is 15.9 Å². The maximum atomic E-state index is 13.5. The lowest BCUT2D eigenvalue weighted by molar-refractivity contribution is -0.119. The van der Waals surface area contributed by atoms with E-state index in [1.54, 1.807) is 0 Å². The number of hydrogen-bond donors (Lipinski definition) is 1. The molecule has 2 aromatic carbocycles. The number of amides is 1.